The second-order valence-electron chi connectivity index (χ2n) is 9.59. The lowest BCUT2D eigenvalue weighted by molar-refractivity contribution is 0.142. The summed E-state index contributed by atoms with van der Waals surface area (Å²) in [4.78, 5) is 0. The Balaban J connectivity index is 1.35. The van der Waals surface area contributed by atoms with E-state index >= 15 is 0 Å². The summed E-state index contributed by atoms with van der Waals surface area (Å²) in [6.07, 6.45) is 12.8. The first kappa shape index (κ1) is 22.6. The van der Waals surface area contributed by atoms with Gasteiger partial charge in [0, 0.05) is 14.4 Å². The molecule has 0 amide bonds. The highest BCUT2D eigenvalue weighted by atomic mass is 28.3. The third-order valence-electron chi connectivity index (χ3n) is 7.45. The Kier molecular flexibility index (Phi) is 9.27. The highest BCUT2D eigenvalue weighted by Gasteiger charge is 2.31. The summed E-state index contributed by atoms with van der Waals surface area (Å²) in [5.74, 6) is 8.24. The molecule has 1 heterocycles. The van der Waals surface area contributed by atoms with E-state index in [0.29, 0.717) is 5.92 Å². The van der Waals surface area contributed by atoms with Crippen LogP contribution in [0, 0.1) is 35.4 Å². The summed E-state index contributed by atoms with van der Waals surface area (Å²) in [5, 5.41) is 10.3. The average Bonchev–Trinajstić information content (AvgIpc) is 2.75. The number of halogens is 1. The predicted molar refractivity (Wildman–Crippen MR) is 123 cm³/mol. The molecular formula is C26H39FOSi. The van der Waals surface area contributed by atoms with E-state index in [1.165, 1.54) is 69.9 Å². The number of aliphatic hydroxyl groups is 1. The molecule has 1 nitrogen and oxygen atoms in total. The lowest BCUT2D eigenvalue weighted by atomic mass is 9.73. The van der Waals surface area contributed by atoms with E-state index < -0.39 is 6.10 Å². The van der Waals surface area contributed by atoms with Crippen LogP contribution in [0.4, 0.5) is 4.39 Å². The second-order valence-corrected chi connectivity index (χ2v) is 13.0. The van der Waals surface area contributed by atoms with Gasteiger partial charge in [0.1, 0.15) is 11.9 Å². The molecule has 1 aromatic rings. The van der Waals surface area contributed by atoms with Crippen molar-refractivity contribution in [3.05, 3.63) is 35.6 Å². The summed E-state index contributed by atoms with van der Waals surface area (Å²) >= 11 is 0. The number of rotatable bonds is 7. The van der Waals surface area contributed by atoms with Crippen LogP contribution < -0.4 is 0 Å². The van der Waals surface area contributed by atoms with Crippen molar-refractivity contribution in [2.24, 2.45) is 17.8 Å². The number of aliphatic hydroxyl groups excluding tert-OH is 1. The summed E-state index contributed by atoms with van der Waals surface area (Å²) < 4.78 is 12.9. The van der Waals surface area contributed by atoms with Crippen LogP contribution in [-0.4, -0.2) is 20.0 Å². The molecule has 0 spiro atoms. The topological polar surface area (TPSA) is 20.2 Å². The Morgan fingerprint density at radius 1 is 1.00 bits per heavy atom. The maximum Gasteiger partial charge on any atom is 0.123 e. The third kappa shape index (κ3) is 7.57. The van der Waals surface area contributed by atoms with Gasteiger partial charge in [0.05, 0.1) is 0 Å². The molecule has 1 aliphatic heterocycles. The highest BCUT2D eigenvalue weighted by molar-refractivity contribution is 6.58. The van der Waals surface area contributed by atoms with Crippen LogP contribution in [0.1, 0.15) is 76.7 Å². The first-order valence-electron chi connectivity index (χ1n) is 12.1. The van der Waals surface area contributed by atoms with Crippen LogP contribution in [0.5, 0.6) is 0 Å². The molecule has 1 aliphatic carbocycles. The van der Waals surface area contributed by atoms with Crippen molar-refractivity contribution in [2.45, 2.75) is 95.4 Å². The van der Waals surface area contributed by atoms with E-state index in [1.807, 2.05) is 0 Å². The van der Waals surface area contributed by atoms with Crippen molar-refractivity contribution in [1.82, 2.24) is 0 Å². The summed E-state index contributed by atoms with van der Waals surface area (Å²) in [6, 6.07) is 11.0. The zero-order valence-electron chi connectivity index (χ0n) is 18.2. The van der Waals surface area contributed by atoms with Gasteiger partial charge in [-0.25, -0.2) is 4.39 Å². The van der Waals surface area contributed by atoms with Crippen molar-refractivity contribution < 1.29 is 9.50 Å². The van der Waals surface area contributed by atoms with Gasteiger partial charge in [0.15, 0.2) is 0 Å². The number of hydrogen-bond donors (Lipinski definition) is 1. The van der Waals surface area contributed by atoms with Gasteiger partial charge in [-0.3, -0.25) is 0 Å². The normalized spacial score (nSPS) is 28.4. The predicted octanol–water partition coefficient (Wildman–Crippen LogP) is 6.56. The van der Waals surface area contributed by atoms with E-state index in [4.69, 9.17) is 0 Å². The summed E-state index contributed by atoms with van der Waals surface area (Å²) in [7, 11) is -0.389. The molecular weight excluding hydrogens is 375 g/mol. The molecule has 1 unspecified atom stereocenters. The SMILES string of the molecule is CCCCC[Si@H]1CC[C@H](C2CCC(CC(O)C#Cc3ccc(F)cc3)CC2)CC1. The molecule has 0 aromatic heterocycles. The first-order valence-corrected chi connectivity index (χ1v) is 14.5. The molecule has 1 saturated heterocycles. The number of hydrogen-bond acceptors (Lipinski definition) is 1. The van der Waals surface area contributed by atoms with Crippen molar-refractivity contribution in [2.75, 3.05) is 0 Å². The van der Waals surface area contributed by atoms with Crippen LogP contribution in [0.2, 0.25) is 18.1 Å². The molecule has 160 valence electrons. The van der Waals surface area contributed by atoms with Crippen LogP contribution in [0.15, 0.2) is 24.3 Å². The second kappa shape index (κ2) is 11.9. The molecule has 2 fully saturated rings. The minimum Gasteiger partial charge on any atom is -0.380 e. The van der Waals surface area contributed by atoms with Gasteiger partial charge in [-0.2, -0.15) is 0 Å². The lowest BCUT2D eigenvalue weighted by Crippen LogP contribution is -2.29. The maximum atomic E-state index is 12.9. The Labute approximate surface area is 179 Å². The smallest absolute Gasteiger partial charge is 0.123 e. The zero-order chi connectivity index (χ0) is 20.5. The molecule has 3 heteroatoms. The van der Waals surface area contributed by atoms with Gasteiger partial charge >= 0.3 is 0 Å². The lowest BCUT2D eigenvalue weighted by Gasteiger charge is -2.37. The largest absolute Gasteiger partial charge is 0.380 e. The van der Waals surface area contributed by atoms with Gasteiger partial charge in [0.25, 0.3) is 0 Å². The molecule has 29 heavy (non-hydrogen) atoms. The van der Waals surface area contributed by atoms with E-state index in [1.54, 1.807) is 30.3 Å². The highest BCUT2D eigenvalue weighted by Crippen LogP contribution is 2.41. The van der Waals surface area contributed by atoms with E-state index in [9.17, 15) is 9.50 Å². The van der Waals surface area contributed by atoms with Crippen molar-refractivity contribution in [3.63, 3.8) is 0 Å². The van der Waals surface area contributed by atoms with Gasteiger partial charge in [0.2, 0.25) is 0 Å². The molecule has 1 atom stereocenters. The standard InChI is InChI=1S/C26H39FOSi/c1-2-3-4-17-29-18-15-24(16-19-29)23-10-5-22(6-11-23)20-26(28)14-9-21-7-12-25(27)13-8-21/h7-8,12-13,22-24,26,28-29H,2-6,10-11,15-20H2,1H3/t22?,23?,24-,26?,29-. The van der Waals surface area contributed by atoms with Gasteiger partial charge in [-0.1, -0.05) is 81.8 Å². The molecule has 0 radical (unpaired) electrons. The molecule has 1 saturated carbocycles. The number of benzene rings is 1. The fraction of sp³-hybridized carbons (Fsp3) is 0.692. The Morgan fingerprint density at radius 3 is 2.31 bits per heavy atom. The van der Waals surface area contributed by atoms with Crippen LogP contribution >= 0.6 is 0 Å². The quantitative estimate of drug-likeness (QED) is 0.304. The van der Waals surface area contributed by atoms with Gasteiger partial charge in [-0.15, -0.1) is 0 Å². The Morgan fingerprint density at radius 2 is 1.66 bits per heavy atom. The minimum absolute atomic E-state index is 0.250. The monoisotopic (exact) mass is 414 g/mol. The summed E-state index contributed by atoms with van der Waals surface area (Å²) in [5.41, 5.74) is 0.767. The Hall–Kier alpha value is -1.11. The van der Waals surface area contributed by atoms with E-state index in [0.717, 1.165) is 23.8 Å². The van der Waals surface area contributed by atoms with E-state index in [-0.39, 0.29) is 14.6 Å². The van der Waals surface area contributed by atoms with Crippen LogP contribution in [-0.2, 0) is 0 Å². The summed E-state index contributed by atoms with van der Waals surface area (Å²) in [6.45, 7) is 2.31. The third-order valence-corrected chi connectivity index (χ3v) is 11.0. The van der Waals surface area contributed by atoms with Crippen LogP contribution in [0.25, 0.3) is 0 Å². The van der Waals surface area contributed by atoms with Gasteiger partial charge < -0.3 is 5.11 Å². The Bertz CT molecular complexity index is 646. The van der Waals surface area contributed by atoms with Gasteiger partial charge in [-0.05, 0) is 61.3 Å². The first-order chi connectivity index (χ1) is 14.1. The molecule has 2 aliphatic rings. The zero-order valence-corrected chi connectivity index (χ0v) is 19.4. The van der Waals surface area contributed by atoms with Crippen molar-refractivity contribution in [1.29, 1.82) is 0 Å². The fourth-order valence-electron chi connectivity index (χ4n) is 5.60. The van der Waals surface area contributed by atoms with Crippen molar-refractivity contribution >= 4 is 8.80 Å². The van der Waals surface area contributed by atoms with Crippen molar-refractivity contribution in [3.8, 4) is 11.8 Å². The molecule has 1 N–H and O–H groups in total. The average molecular weight is 415 g/mol. The molecule has 3 rings (SSSR count). The maximum absolute atomic E-state index is 12.9. The molecule has 1 aromatic carbocycles. The minimum atomic E-state index is -0.564. The van der Waals surface area contributed by atoms with E-state index in [2.05, 4.69) is 18.8 Å². The van der Waals surface area contributed by atoms with Crippen LogP contribution in [0.3, 0.4) is 0 Å². The molecule has 0 bridgehead atoms. The number of unbranched alkanes of at least 4 members (excludes halogenated alkanes) is 2. The fourth-order valence-corrected chi connectivity index (χ4v) is 9.13.